The van der Waals surface area contributed by atoms with Crippen LogP contribution < -0.4 is 5.73 Å². The molecule has 3 heteroatoms. The Morgan fingerprint density at radius 2 is 1.61 bits per heavy atom. The van der Waals surface area contributed by atoms with Gasteiger partial charge in [-0.15, -0.1) is 0 Å². The van der Waals surface area contributed by atoms with Crippen LogP contribution in [-0.4, -0.2) is 32.0 Å². The third-order valence-corrected chi connectivity index (χ3v) is 5.99. The van der Waals surface area contributed by atoms with Crippen molar-refractivity contribution in [2.45, 2.75) is 50.7 Å². The molecule has 5 rings (SSSR count). The molecule has 1 atom stereocenters. The summed E-state index contributed by atoms with van der Waals surface area (Å²) in [4.78, 5) is 0. The van der Waals surface area contributed by atoms with Gasteiger partial charge in [0.05, 0.1) is 19.8 Å². The fourth-order valence-electron chi connectivity index (χ4n) is 5.36. The fraction of sp³-hybridized carbons (Fsp3) is 1.00. The molecule has 5 fully saturated rings. The van der Waals surface area contributed by atoms with Gasteiger partial charge in [-0.3, -0.25) is 0 Å². The molecule has 1 aliphatic heterocycles. The van der Waals surface area contributed by atoms with Crippen molar-refractivity contribution in [2.24, 2.45) is 28.9 Å². The quantitative estimate of drug-likeness (QED) is 0.830. The average Bonchev–Trinajstić information content (AvgIpc) is 2.24. The molecule has 0 aromatic carbocycles. The molecule has 0 aromatic heterocycles. The zero-order chi connectivity index (χ0) is 12.2. The van der Waals surface area contributed by atoms with E-state index in [4.69, 9.17) is 15.2 Å². The van der Waals surface area contributed by atoms with Crippen LogP contribution in [0.15, 0.2) is 0 Å². The Morgan fingerprint density at radius 3 is 2.06 bits per heavy atom. The van der Waals surface area contributed by atoms with Gasteiger partial charge in [0, 0.05) is 6.04 Å². The summed E-state index contributed by atoms with van der Waals surface area (Å²) in [6.45, 7) is 2.29. The molecule has 5 aliphatic rings. The van der Waals surface area contributed by atoms with E-state index >= 15 is 0 Å². The van der Waals surface area contributed by atoms with E-state index in [1.165, 1.54) is 38.5 Å². The van der Waals surface area contributed by atoms with Crippen molar-refractivity contribution in [3.63, 3.8) is 0 Å². The van der Waals surface area contributed by atoms with Crippen molar-refractivity contribution in [1.82, 2.24) is 0 Å². The zero-order valence-corrected chi connectivity index (χ0v) is 11.1. The highest BCUT2D eigenvalue weighted by Crippen LogP contribution is 2.60. The minimum Gasteiger partial charge on any atom is -0.376 e. The van der Waals surface area contributed by atoms with Crippen molar-refractivity contribution < 1.29 is 9.47 Å². The van der Waals surface area contributed by atoms with E-state index in [-0.39, 0.29) is 6.04 Å². The second kappa shape index (κ2) is 4.19. The maximum Gasteiger partial charge on any atom is 0.104 e. The molecule has 1 unspecified atom stereocenters. The molecule has 4 aliphatic carbocycles. The smallest absolute Gasteiger partial charge is 0.104 e. The van der Waals surface area contributed by atoms with Crippen molar-refractivity contribution >= 4 is 0 Å². The maximum atomic E-state index is 6.53. The Hall–Kier alpha value is -0.120. The topological polar surface area (TPSA) is 44.5 Å². The van der Waals surface area contributed by atoms with Crippen LogP contribution in [0.2, 0.25) is 0 Å². The van der Waals surface area contributed by atoms with E-state index in [1.807, 2.05) is 0 Å². The summed E-state index contributed by atoms with van der Waals surface area (Å²) in [6.07, 6.45) is 8.93. The Kier molecular flexibility index (Phi) is 2.72. The molecule has 102 valence electrons. The molecular weight excluding hydrogens is 226 g/mol. The second-order valence-corrected chi connectivity index (χ2v) is 7.38. The lowest BCUT2D eigenvalue weighted by molar-refractivity contribution is -0.147. The molecule has 0 spiro atoms. The monoisotopic (exact) mass is 251 g/mol. The third-order valence-electron chi connectivity index (χ3n) is 5.99. The summed E-state index contributed by atoms with van der Waals surface area (Å²) in [5.74, 6) is 2.94. The molecule has 1 heterocycles. The first-order valence-corrected chi connectivity index (χ1v) is 7.68. The molecule has 4 saturated carbocycles. The van der Waals surface area contributed by atoms with E-state index in [2.05, 4.69) is 0 Å². The van der Waals surface area contributed by atoms with Crippen LogP contribution >= 0.6 is 0 Å². The lowest BCUT2D eigenvalue weighted by Gasteiger charge is -2.59. The molecule has 2 N–H and O–H groups in total. The number of hydrogen-bond acceptors (Lipinski definition) is 3. The van der Waals surface area contributed by atoms with E-state index in [9.17, 15) is 0 Å². The van der Waals surface area contributed by atoms with Gasteiger partial charge in [0.1, 0.15) is 6.10 Å². The average molecular weight is 251 g/mol. The highest BCUT2D eigenvalue weighted by molar-refractivity contribution is 5.05. The molecule has 0 radical (unpaired) electrons. The van der Waals surface area contributed by atoms with Crippen LogP contribution in [0.25, 0.3) is 0 Å². The molecule has 4 bridgehead atoms. The zero-order valence-electron chi connectivity index (χ0n) is 11.1. The first-order chi connectivity index (χ1) is 8.73. The van der Waals surface area contributed by atoms with E-state index in [0.717, 1.165) is 37.6 Å². The predicted octanol–water partition coefficient (Wildman–Crippen LogP) is 1.95. The Balaban J connectivity index is 1.42. The van der Waals surface area contributed by atoms with Gasteiger partial charge in [-0.05, 0) is 61.7 Å². The van der Waals surface area contributed by atoms with Gasteiger partial charge in [0.2, 0.25) is 0 Å². The normalized spacial score (nSPS) is 48.2. The lowest BCUT2D eigenvalue weighted by atomic mass is 9.48. The number of nitrogens with two attached hydrogens (primary N) is 1. The van der Waals surface area contributed by atoms with Crippen LogP contribution in [0.3, 0.4) is 0 Å². The molecule has 0 amide bonds. The number of ether oxygens (including phenoxy) is 2. The summed E-state index contributed by atoms with van der Waals surface area (Å²) in [7, 11) is 0. The maximum absolute atomic E-state index is 6.53. The molecule has 1 saturated heterocycles. The fourth-order valence-corrected chi connectivity index (χ4v) is 5.36. The number of rotatable bonds is 4. The molecule has 0 aromatic rings. The Bertz CT molecular complexity index is 291. The molecule has 3 nitrogen and oxygen atoms in total. The van der Waals surface area contributed by atoms with Gasteiger partial charge in [-0.2, -0.15) is 0 Å². The van der Waals surface area contributed by atoms with Gasteiger partial charge in [0.15, 0.2) is 0 Å². The minimum absolute atomic E-state index is 0.256. The van der Waals surface area contributed by atoms with Crippen molar-refractivity contribution in [3.05, 3.63) is 0 Å². The second-order valence-electron chi connectivity index (χ2n) is 7.38. The van der Waals surface area contributed by atoms with Crippen LogP contribution in [0, 0.1) is 23.2 Å². The summed E-state index contributed by atoms with van der Waals surface area (Å²) in [5, 5.41) is 0. The number of hydrogen-bond donors (Lipinski definition) is 1. The molecular formula is C15H25NO2. The van der Waals surface area contributed by atoms with Gasteiger partial charge in [0.25, 0.3) is 0 Å². The van der Waals surface area contributed by atoms with E-state index in [1.54, 1.807) is 0 Å². The summed E-state index contributed by atoms with van der Waals surface area (Å²) in [6, 6.07) is 0.256. The predicted molar refractivity (Wildman–Crippen MR) is 69.1 cm³/mol. The van der Waals surface area contributed by atoms with Crippen LogP contribution in [0.4, 0.5) is 0 Å². The summed E-state index contributed by atoms with van der Waals surface area (Å²) in [5.41, 5.74) is 6.96. The van der Waals surface area contributed by atoms with Crippen LogP contribution in [0.5, 0.6) is 0 Å². The highest BCUT2D eigenvalue weighted by Gasteiger charge is 2.53. The first kappa shape index (κ1) is 11.7. The largest absolute Gasteiger partial charge is 0.376 e. The Morgan fingerprint density at radius 1 is 1.06 bits per heavy atom. The minimum atomic E-state index is 0.256. The van der Waals surface area contributed by atoms with Crippen molar-refractivity contribution in [2.75, 3.05) is 19.8 Å². The van der Waals surface area contributed by atoms with Crippen LogP contribution in [0.1, 0.15) is 38.5 Å². The van der Waals surface area contributed by atoms with Gasteiger partial charge >= 0.3 is 0 Å². The van der Waals surface area contributed by atoms with Crippen molar-refractivity contribution in [3.8, 4) is 0 Å². The summed E-state index contributed by atoms with van der Waals surface area (Å²) >= 11 is 0. The SMILES string of the molecule is NC(COC1COC1)C12CC3CC(CC(C3)C1)C2. The molecule has 18 heavy (non-hydrogen) atoms. The van der Waals surface area contributed by atoms with E-state index < -0.39 is 0 Å². The van der Waals surface area contributed by atoms with Crippen molar-refractivity contribution in [1.29, 1.82) is 0 Å². The summed E-state index contributed by atoms with van der Waals surface area (Å²) < 4.78 is 11.0. The van der Waals surface area contributed by atoms with Crippen LogP contribution in [-0.2, 0) is 9.47 Å². The Labute approximate surface area is 109 Å². The standard InChI is InChI=1S/C15H25NO2/c16-14(9-18-13-7-17-8-13)15-4-10-1-11(5-15)3-12(2-10)6-15/h10-14H,1-9,16H2. The lowest BCUT2D eigenvalue weighted by Crippen LogP contribution is -2.56. The van der Waals surface area contributed by atoms with Gasteiger partial charge in [-0.25, -0.2) is 0 Å². The van der Waals surface area contributed by atoms with Gasteiger partial charge < -0.3 is 15.2 Å². The first-order valence-electron chi connectivity index (χ1n) is 7.68. The van der Waals surface area contributed by atoms with E-state index in [0.29, 0.717) is 11.5 Å². The third kappa shape index (κ3) is 1.83. The van der Waals surface area contributed by atoms with Gasteiger partial charge in [-0.1, -0.05) is 0 Å². The highest BCUT2D eigenvalue weighted by atomic mass is 16.6.